The molecule has 0 radical (unpaired) electrons. The molecule has 4 heteroatoms. The summed E-state index contributed by atoms with van der Waals surface area (Å²) in [5.74, 6) is 1.27. The molecule has 0 bridgehead atoms. The second kappa shape index (κ2) is 4.57. The Bertz CT molecular complexity index is 566. The van der Waals surface area contributed by atoms with Crippen LogP contribution in [0.1, 0.15) is 19.4 Å². The van der Waals surface area contributed by atoms with Gasteiger partial charge in [0, 0.05) is 24.9 Å². The average molecular weight is 231 g/mol. The number of hydrogen-bond donors (Lipinski definition) is 0. The monoisotopic (exact) mass is 231 g/mol. The predicted octanol–water partition coefficient (Wildman–Crippen LogP) is 1.77. The summed E-state index contributed by atoms with van der Waals surface area (Å²) in [5, 5.41) is 4.08. The highest BCUT2D eigenvalue weighted by atomic mass is 16.1. The normalized spacial score (nSPS) is 11.1. The summed E-state index contributed by atoms with van der Waals surface area (Å²) in [6.07, 6.45) is 4.28. The smallest absolute Gasteiger partial charge is 0.259 e. The summed E-state index contributed by atoms with van der Waals surface area (Å²) >= 11 is 0. The van der Waals surface area contributed by atoms with Crippen molar-refractivity contribution in [1.82, 2.24) is 14.3 Å². The van der Waals surface area contributed by atoms with E-state index in [2.05, 4.69) is 18.9 Å². The lowest BCUT2D eigenvalue weighted by molar-refractivity contribution is 0.636. The van der Waals surface area contributed by atoms with Crippen LogP contribution in [0.2, 0.25) is 0 Å². The number of rotatable bonds is 3. The van der Waals surface area contributed by atoms with Crippen LogP contribution >= 0.6 is 0 Å². The number of hydrogen-bond acceptors (Lipinski definition) is 2. The topological polar surface area (TPSA) is 39.8 Å². The Labute approximate surface area is 101 Å². The highest BCUT2D eigenvalue weighted by Gasteiger charge is 2.08. The first-order valence-electron chi connectivity index (χ1n) is 5.78. The van der Waals surface area contributed by atoms with Gasteiger partial charge in [0.15, 0.2) is 0 Å². The Morgan fingerprint density at radius 2 is 2.12 bits per heavy atom. The van der Waals surface area contributed by atoms with Crippen molar-refractivity contribution in [3.63, 3.8) is 0 Å². The molecule has 2 aromatic rings. The zero-order chi connectivity index (χ0) is 12.4. The zero-order valence-corrected chi connectivity index (χ0v) is 10.4. The maximum atomic E-state index is 12.3. The van der Waals surface area contributed by atoms with Crippen LogP contribution in [0, 0.1) is 5.92 Å². The second-order valence-corrected chi connectivity index (χ2v) is 4.62. The molecule has 0 N–H and O–H groups in total. The van der Waals surface area contributed by atoms with E-state index in [0.29, 0.717) is 5.92 Å². The van der Waals surface area contributed by atoms with Crippen molar-refractivity contribution in [2.45, 2.75) is 20.3 Å². The van der Waals surface area contributed by atoms with E-state index in [1.165, 1.54) is 0 Å². The summed E-state index contributed by atoms with van der Waals surface area (Å²) in [6, 6.07) is 5.64. The molecule has 2 rings (SSSR count). The quantitative estimate of drug-likeness (QED) is 0.807. The molecular weight excluding hydrogens is 214 g/mol. The van der Waals surface area contributed by atoms with E-state index in [0.717, 1.165) is 17.8 Å². The van der Waals surface area contributed by atoms with Crippen molar-refractivity contribution in [3.05, 3.63) is 46.5 Å². The summed E-state index contributed by atoms with van der Waals surface area (Å²) < 4.78 is 3.34. The molecule has 0 atom stereocenters. The molecule has 2 heterocycles. The Kier molecular flexibility index (Phi) is 3.13. The van der Waals surface area contributed by atoms with Crippen LogP contribution in [0.5, 0.6) is 0 Å². The Balaban J connectivity index is 2.50. The fourth-order valence-electron chi connectivity index (χ4n) is 1.92. The van der Waals surface area contributed by atoms with E-state index in [4.69, 9.17) is 0 Å². The first kappa shape index (κ1) is 11.6. The van der Waals surface area contributed by atoms with Gasteiger partial charge >= 0.3 is 0 Å². The molecule has 0 aliphatic rings. The van der Waals surface area contributed by atoms with E-state index < -0.39 is 0 Å². The van der Waals surface area contributed by atoms with Gasteiger partial charge in [-0.2, -0.15) is 5.10 Å². The van der Waals surface area contributed by atoms with Crippen LogP contribution in [0.25, 0.3) is 5.82 Å². The maximum absolute atomic E-state index is 12.3. The standard InChI is InChI=1S/C13H17N3O/c1-10(2)9-11-5-4-8-16(13(11)17)12-6-7-14-15(12)3/h4-8,10H,9H2,1-3H3. The first-order chi connectivity index (χ1) is 8.09. The number of pyridine rings is 1. The molecule has 4 nitrogen and oxygen atoms in total. The van der Waals surface area contributed by atoms with Gasteiger partial charge in [0.05, 0.1) is 6.20 Å². The third-order valence-corrected chi connectivity index (χ3v) is 2.70. The third-order valence-electron chi connectivity index (χ3n) is 2.70. The summed E-state index contributed by atoms with van der Waals surface area (Å²) in [6.45, 7) is 4.22. The molecule has 0 spiro atoms. The largest absolute Gasteiger partial charge is 0.269 e. The van der Waals surface area contributed by atoms with Crippen LogP contribution in [-0.2, 0) is 13.5 Å². The lowest BCUT2D eigenvalue weighted by Crippen LogP contribution is -2.24. The van der Waals surface area contributed by atoms with Crippen LogP contribution in [0.4, 0.5) is 0 Å². The Hall–Kier alpha value is -1.84. The fourth-order valence-corrected chi connectivity index (χ4v) is 1.92. The van der Waals surface area contributed by atoms with Crippen molar-refractivity contribution in [1.29, 1.82) is 0 Å². The fraction of sp³-hybridized carbons (Fsp3) is 0.385. The molecule has 0 aliphatic carbocycles. The molecule has 0 aliphatic heterocycles. The molecule has 0 unspecified atom stereocenters. The summed E-state index contributed by atoms with van der Waals surface area (Å²) in [4.78, 5) is 12.3. The molecule has 0 aromatic carbocycles. The summed E-state index contributed by atoms with van der Waals surface area (Å²) in [7, 11) is 1.83. The number of aromatic nitrogens is 3. The van der Waals surface area contributed by atoms with Crippen molar-refractivity contribution in [3.8, 4) is 5.82 Å². The predicted molar refractivity (Wildman–Crippen MR) is 67.3 cm³/mol. The van der Waals surface area contributed by atoms with Crippen LogP contribution in [-0.4, -0.2) is 14.3 Å². The van der Waals surface area contributed by atoms with Crippen molar-refractivity contribution < 1.29 is 0 Å². The van der Waals surface area contributed by atoms with Gasteiger partial charge in [-0.3, -0.25) is 14.0 Å². The number of nitrogens with zero attached hydrogens (tertiary/aromatic N) is 3. The lowest BCUT2D eigenvalue weighted by atomic mass is 10.0. The van der Waals surface area contributed by atoms with Gasteiger partial charge in [-0.25, -0.2) is 0 Å². The van der Waals surface area contributed by atoms with Crippen molar-refractivity contribution in [2.24, 2.45) is 13.0 Å². The first-order valence-corrected chi connectivity index (χ1v) is 5.78. The van der Waals surface area contributed by atoms with Gasteiger partial charge < -0.3 is 0 Å². The van der Waals surface area contributed by atoms with Crippen LogP contribution in [0.15, 0.2) is 35.4 Å². The van der Waals surface area contributed by atoms with Crippen LogP contribution < -0.4 is 5.56 Å². The van der Waals surface area contributed by atoms with Crippen molar-refractivity contribution in [2.75, 3.05) is 0 Å². The Morgan fingerprint density at radius 1 is 1.35 bits per heavy atom. The minimum atomic E-state index is 0.0461. The minimum absolute atomic E-state index is 0.0461. The zero-order valence-electron chi connectivity index (χ0n) is 10.4. The minimum Gasteiger partial charge on any atom is -0.269 e. The van der Waals surface area contributed by atoms with Gasteiger partial charge in [-0.15, -0.1) is 0 Å². The second-order valence-electron chi connectivity index (χ2n) is 4.62. The molecule has 17 heavy (non-hydrogen) atoms. The SMILES string of the molecule is CC(C)Cc1cccn(-c2ccnn2C)c1=O. The van der Waals surface area contributed by atoms with E-state index in [9.17, 15) is 4.79 Å². The Morgan fingerprint density at radius 3 is 2.71 bits per heavy atom. The molecule has 0 fully saturated rings. The van der Waals surface area contributed by atoms with Gasteiger partial charge in [0.2, 0.25) is 0 Å². The van der Waals surface area contributed by atoms with Crippen LogP contribution in [0.3, 0.4) is 0 Å². The molecule has 2 aromatic heterocycles. The summed E-state index contributed by atoms with van der Waals surface area (Å²) in [5.41, 5.74) is 0.897. The highest BCUT2D eigenvalue weighted by Crippen LogP contribution is 2.06. The number of aryl methyl sites for hydroxylation is 1. The van der Waals surface area contributed by atoms with E-state index >= 15 is 0 Å². The van der Waals surface area contributed by atoms with Gasteiger partial charge in [0.25, 0.3) is 5.56 Å². The van der Waals surface area contributed by atoms with Gasteiger partial charge in [-0.05, 0) is 18.4 Å². The van der Waals surface area contributed by atoms with E-state index in [1.807, 2.05) is 25.2 Å². The molecule has 90 valence electrons. The van der Waals surface area contributed by atoms with Gasteiger partial charge in [-0.1, -0.05) is 19.9 Å². The molecule has 0 saturated carbocycles. The molecule has 0 amide bonds. The maximum Gasteiger partial charge on any atom is 0.259 e. The average Bonchev–Trinajstić information content (AvgIpc) is 2.67. The van der Waals surface area contributed by atoms with Gasteiger partial charge in [0.1, 0.15) is 5.82 Å². The van der Waals surface area contributed by atoms with E-state index in [-0.39, 0.29) is 5.56 Å². The molecular formula is C13H17N3O. The lowest BCUT2D eigenvalue weighted by Gasteiger charge is -2.09. The van der Waals surface area contributed by atoms with E-state index in [1.54, 1.807) is 21.6 Å². The highest BCUT2D eigenvalue weighted by molar-refractivity contribution is 5.25. The van der Waals surface area contributed by atoms with Crippen molar-refractivity contribution >= 4 is 0 Å². The molecule has 0 saturated heterocycles. The third kappa shape index (κ3) is 2.30.